The summed E-state index contributed by atoms with van der Waals surface area (Å²) in [7, 11) is 0. The number of cyclic esters (lactones) is 1. The van der Waals surface area contributed by atoms with Gasteiger partial charge < -0.3 is 19.7 Å². The number of morpholine rings is 1. The standard InChI is InChI=1S/C24H29BrN2O3.C4H4O4/c25-22-9-5-4-6-19(22)10-11-21-18-27(24(28)30-21)23(20-7-2-1-3-8-20)12-13-26-14-16-29-17-15-26;5-3(6)1-2-4(7)8/h1-9,21,23H,10-18H2;1-2H,(H,5,6)(H,7,8). The van der Waals surface area contributed by atoms with Crippen LogP contribution in [0.1, 0.15) is 30.0 Å². The van der Waals surface area contributed by atoms with Gasteiger partial charge in [-0.25, -0.2) is 14.4 Å². The number of ether oxygens (including phenoxy) is 2. The first-order chi connectivity index (χ1) is 18.3. The Balaban J connectivity index is 0.000000436. The van der Waals surface area contributed by atoms with Crippen molar-refractivity contribution in [1.82, 2.24) is 9.80 Å². The lowest BCUT2D eigenvalue weighted by Crippen LogP contribution is -2.39. The van der Waals surface area contributed by atoms with Crippen LogP contribution in [0.3, 0.4) is 0 Å². The maximum absolute atomic E-state index is 12.8. The van der Waals surface area contributed by atoms with Crippen molar-refractivity contribution in [2.45, 2.75) is 31.4 Å². The third kappa shape index (κ3) is 9.59. The molecule has 0 radical (unpaired) electrons. The Morgan fingerprint density at radius 3 is 2.26 bits per heavy atom. The van der Waals surface area contributed by atoms with Crippen LogP contribution >= 0.6 is 15.9 Å². The molecule has 0 saturated carbocycles. The van der Waals surface area contributed by atoms with Crippen molar-refractivity contribution in [2.75, 3.05) is 39.4 Å². The molecule has 0 aromatic heterocycles. The highest BCUT2D eigenvalue weighted by Crippen LogP contribution is 2.31. The largest absolute Gasteiger partial charge is 0.478 e. The predicted octanol–water partition coefficient (Wildman–Crippen LogP) is 4.38. The molecular formula is C28H33BrN2O7. The Morgan fingerprint density at radius 1 is 1.00 bits per heavy atom. The molecule has 9 nitrogen and oxygen atoms in total. The van der Waals surface area contributed by atoms with Crippen molar-refractivity contribution in [3.05, 3.63) is 82.3 Å². The Labute approximate surface area is 230 Å². The van der Waals surface area contributed by atoms with Crippen LogP contribution in [-0.2, 0) is 25.5 Å². The van der Waals surface area contributed by atoms with E-state index >= 15 is 0 Å². The molecule has 1 amide bonds. The Hall–Kier alpha value is -3.21. The topological polar surface area (TPSA) is 117 Å². The van der Waals surface area contributed by atoms with Crippen molar-refractivity contribution in [3.63, 3.8) is 0 Å². The van der Waals surface area contributed by atoms with Crippen LogP contribution in [0.25, 0.3) is 0 Å². The van der Waals surface area contributed by atoms with Gasteiger partial charge in [-0.3, -0.25) is 9.80 Å². The maximum atomic E-state index is 12.8. The number of carboxylic acid groups (broad SMARTS) is 2. The number of carbonyl (C=O) groups excluding carboxylic acids is 1. The molecule has 38 heavy (non-hydrogen) atoms. The van der Waals surface area contributed by atoms with Crippen molar-refractivity contribution < 1.29 is 34.1 Å². The van der Waals surface area contributed by atoms with E-state index in [9.17, 15) is 14.4 Å². The van der Waals surface area contributed by atoms with Crippen molar-refractivity contribution in [2.24, 2.45) is 0 Å². The molecule has 2 fully saturated rings. The third-order valence-corrected chi connectivity index (χ3v) is 7.12. The van der Waals surface area contributed by atoms with Crippen LogP contribution in [0.2, 0.25) is 0 Å². The first-order valence-corrected chi connectivity index (χ1v) is 13.3. The first-order valence-electron chi connectivity index (χ1n) is 12.5. The highest BCUT2D eigenvalue weighted by atomic mass is 79.9. The minimum atomic E-state index is -1.26. The van der Waals surface area contributed by atoms with E-state index in [0.29, 0.717) is 18.7 Å². The van der Waals surface area contributed by atoms with E-state index in [1.54, 1.807) is 0 Å². The summed E-state index contributed by atoms with van der Waals surface area (Å²) in [6.45, 7) is 5.10. The number of benzene rings is 2. The van der Waals surface area contributed by atoms with Crippen molar-refractivity contribution in [3.8, 4) is 0 Å². The number of rotatable bonds is 10. The van der Waals surface area contributed by atoms with Crippen molar-refractivity contribution >= 4 is 34.0 Å². The number of carboxylic acids is 2. The highest BCUT2D eigenvalue weighted by molar-refractivity contribution is 9.10. The SMILES string of the molecule is O=C(O)C=CC(=O)O.O=C1OC(CCc2ccccc2Br)CN1C(CCN1CCOCC1)c1ccccc1. The van der Waals surface area contributed by atoms with Gasteiger partial charge >= 0.3 is 18.0 Å². The average Bonchev–Trinajstić information content (AvgIpc) is 3.29. The molecule has 0 spiro atoms. The van der Waals surface area contributed by atoms with Crippen LogP contribution < -0.4 is 0 Å². The van der Waals surface area contributed by atoms with Crippen LogP contribution in [-0.4, -0.2) is 83.5 Å². The van der Waals surface area contributed by atoms with E-state index in [2.05, 4.69) is 45.1 Å². The van der Waals surface area contributed by atoms with E-state index in [4.69, 9.17) is 19.7 Å². The molecule has 4 rings (SSSR count). The van der Waals surface area contributed by atoms with Crippen molar-refractivity contribution in [1.29, 1.82) is 0 Å². The monoisotopic (exact) mass is 588 g/mol. The molecule has 0 aliphatic carbocycles. The molecule has 2 aliphatic rings. The minimum Gasteiger partial charge on any atom is -0.478 e. The van der Waals surface area contributed by atoms with Crippen LogP contribution in [0.15, 0.2) is 71.2 Å². The summed E-state index contributed by atoms with van der Waals surface area (Å²) in [6.07, 6.45) is 3.47. The molecule has 2 aromatic rings. The van der Waals surface area contributed by atoms with E-state index in [0.717, 1.165) is 56.6 Å². The zero-order chi connectivity index (χ0) is 27.3. The van der Waals surface area contributed by atoms with Gasteiger partial charge in [-0.2, -0.15) is 0 Å². The lowest BCUT2D eigenvalue weighted by atomic mass is 10.0. The number of nitrogens with zero attached hydrogens (tertiary/aromatic N) is 2. The fourth-order valence-electron chi connectivity index (χ4n) is 4.41. The number of hydrogen-bond acceptors (Lipinski definition) is 6. The maximum Gasteiger partial charge on any atom is 0.410 e. The molecule has 2 aromatic carbocycles. The molecule has 2 N–H and O–H groups in total. The Morgan fingerprint density at radius 2 is 1.63 bits per heavy atom. The van der Waals surface area contributed by atoms with Gasteiger partial charge in [0.15, 0.2) is 0 Å². The summed E-state index contributed by atoms with van der Waals surface area (Å²) in [5.41, 5.74) is 2.42. The van der Waals surface area contributed by atoms with Gasteiger partial charge in [0, 0.05) is 36.3 Å². The number of carbonyl (C=O) groups is 3. The van der Waals surface area contributed by atoms with Crippen LogP contribution in [0, 0.1) is 0 Å². The van der Waals surface area contributed by atoms with Gasteiger partial charge in [0.2, 0.25) is 0 Å². The van der Waals surface area contributed by atoms with Gasteiger partial charge in [0.1, 0.15) is 6.10 Å². The van der Waals surface area contributed by atoms with Gasteiger partial charge in [-0.15, -0.1) is 0 Å². The minimum absolute atomic E-state index is 0.0370. The molecule has 2 unspecified atom stereocenters. The molecule has 2 heterocycles. The van der Waals surface area contributed by atoms with Crippen LogP contribution in [0.4, 0.5) is 4.79 Å². The number of hydrogen-bond donors (Lipinski definition) is 2. The van der Waals surface area contributed by atoms with Gasteiger partial charge in [-0.1, -0.05) is 64.5 Å². The number of aryl methyl sites for hydroxylation is 1. The second-order valence-corrected chi connectivity index (χ2v) is 9.82. The molecule has 2 aliphatic heterocycles. The predicted molar refractivity (Wildman–Crippen MR) is 145 cm³/mol. The molecule has 10 heteroatoms. The Bertz CT molecular complexity index is 1070. The highest BCUT2D eigenvalue weighted by Gasteiger charge is 2.36. The summed E-state index contributed by atoms with van der Waals surface area (Å²) in [5, 5.41) is 15.6. The number of halogens is 1. The van der Waals surface area contributed by atoms with E-state index < -0.39 is 11.9 Å². The first kappa shape index (κ1) is 29.3. The lowest BCUT2D eigenvalue weighted by molar-refractivity contribution is -0.134. The normalized spacial score (nSPS) is 18.5. The second-order valence-electron chi connectivity index (χ2n) is 8.97. The summed E-state index contributed by atoms with van der Waals surface area (Å²) < 4.78 is 12.3. The third-order valence-electron chi connectivity index (χ3n) is 6.35. The molecule has 0 bridgehead atoms. The zero-order valence-electron chi connectivity index (χ0n) is 21.1. The zero-order valence-corrected chi connectivity index (χ0v) is 22.7. The van der Waals surface area contributed by atoms with Gasteiger partial charge in [0.05, 0.1) is 25.8 Å². The summed E-state index contributed by atoms with van der Waals surface area (Å²) in [5.74, 6) is -2.51. The lowest BCUT2D eigenvalue weighted by Gasteiger charge is -2.31. The Kier molecular flexibility index (Phi) is 11.8. The summed E-state index contributed by atoms with van der Waals surface area (Å²) >= 11 is 3.61. The van der Waals surface area contributed by atoms with Gasteiger partial charge in [-0.05, 0) is 36.5 Å². The van der Waals surface area contributed by atoms with Gasteiger partial charge in [0.25, 0.3) is 0 Å². The smallest absolute Gasteiger partial charge is 0.410 e. The molecule has 204 valence electrons. The fourth-order valence-corrected chi connectivity index (χ4v) is 4.90. The van der Waals surface area contributed by atoms with E-state index in [-0.39, 0.29) is 18.2 Å². The fraction of sp³-hybridized carbons (Fsp3) is 0.393. The van der Waals surface area contributed by atoms with E-state index in [1.165, 1.54) is 11.1 Å². The molecular weight excluding hydrogens is 556 g/mol. The molecule has 2 atom stereocenters. The second kappa shape index (κ2) is 15.3. The van der Waals surface area contributed by atoms with Crippen LogP contribution in [0.5, 0.6) is 0 Å². The summed E-state index contributed by atoms with van der Waals surface area (Å²) in [6, 6.07) is 18.6. The average molecular weight is 589 g/mol. The quantitative estimate of drug-likeness (QED) is 0.393. The molecule has 2 saturated heterocycles. The van der Waals surface area contributed by atoms with E-state index in [1.807, 2.05) is 35.2 Å². The number of amides is 1. The summed E-state index contributed by atoms with van der Waals surface area (Å²) in [4.78, 5) is 36.2. The number of aliphatic carboxylic acids is 2.